The van der Waals surface area contributed by atoms with Crippen LogP contribution in [0.3, 0.4) is 0 Å². The molecule has 1 heterocycles. The average molecular weight is 303 g/mol. The first kappa shape index (κ1) is 17.5. The second-order valence-electron chi connectivity index (χ2n) is 6.50. The Bertz CT molecular complexity index is 379. The maximum atomic E-state index is 4.85. The third-order valence-electron chi connectivity index (χ3n) is 4.75. The Kier molecular flexibility index (Phi) is 7.92. The molecule has 1 saturated heterocycles. The first-order valence-electron chi connectivity index (χ1n) is 9.04. The number of hydrogen-bond acceptors (Lipinski definition) is 3. The fourth-order valence-electron chi connectivity index (χ4n) is 3.57. The van der Waals surface area contributed by atoms with E-state index in [1.165, 1.54) is 63.8 Å². The lowest BCUT2D eigenvalue weighted by Gasteiger charge is -2.40. The summed E-state index contributed by atoms with van der Waals surface area (Å²) >= 11 is 0. The lowest BCUT2D eigenvalue weighted by atomic mass is 9.94. The molecular weight excluding hydrogens is 270 g/mol. The predicted molar refractivity (Wildman–Crippen MR) is 94.9 cm³/mol. The standard InChI is InChI=1S/C17H26N2.C2H7N/c1-3-7-16(8-4-1)15-18-11-13-19(14-12-18)17-9-5-2-6-10-17;1-2-3/h1,3-4,7-8,17H,2,5-6,9-15H2;2-3H2,1H3. The summed E-state index contributed by atoms with van der Waals surface area (Å²) in [5.41, 5.74) is 6.30. The van der Waals surface area contributed by atoms with Crippen molar-refractivity contribution in [3.8, 4) is 0 Å². The zero-order valence-corrected chi connectivity index (χ0v) is 14.2. The van der Waals surface area contributed by atoms with Crippen LogP contribution >= 0.6 is 0 Å². The van der Waals surface area contributed by atoms with Crippen molar-refractivity contribution in [1.82, 2.24) is 9.80 Å². The molecule has 0 amide bonds. The number of piperazine rings is 1. The van der Waals surface area contributed by atoms with Crippen molar-refractivity contribution in [3.63, 3.8) is 0 Å². The smallest absolute Gasteiger partial charge is 0.0234 e. The summed E-state index contributed by atoms with van der Waals surface area (Å²) in [6, 6.07) is 11.8. The molecule has 0 radical (unpaired) electrons. The van der Waals surface area contributed by atoms with Gasteiger partial charge in [0.05, 0.1) is 0 Å². The molecule has 3 heteroatoms. The molecule has 0 atom stereocenters. The second-order valence-corrected chi connectivity index (χ2v) is 6.50. The van der Waals surface area contributed by atoms with Gasteiger partial charge in [0.2, 0.25) is 0 Å². The molecule has 1 saturated carbocycles. The molecule has 1 aliphatic heterocycles. The average Bonchev–Trinajstić information content (AvgIpc) is 2.58. The minimum Gasteiger partial charge on any atom is -0.331 e. The summed E-state index contributed by atoms with van der Waals surface area (Å²) in [6.07, 6.45) is 7.26. The summed E-state index contributed by atoms with van der Waals surface area (Å²) < 4.78 is 0. The minimum absolute atomic E-state index is 0.750. The quantitative estimate of drug-likeness (QED) is 0.931. The van der Waals surface area contributed by atoms with E-state index in [2.05, 4.69) is 40.1 Å². The van der Waals surface area contributed by atoms with E-state index >= 15 is 0 Å². The molecule has 3 rings (SSSR count). The molecule has 1 aliphatic carbocycles. The van der Waals surface area contributed by atoms with Gasteiger partial charge in [-0.05, 0) is 24.9 Å². The van der Waals surface area contributed by atoms with Crippen LogP contribution in [0.5, 0.6) is 0 Å². The molecule has 3 nitrogen and oxygen atoms in total. The Balaban J connectivity index is 0.000000545. The van der Waals surface area contributed by atoms with Gasteiger partial charge in [0.25, 0.3) is 0 Å². The van der Waals surface area contributed by atoms with E-state index in [4.69, 9.17) is 5.73 Å². The van der Waals surface area contributed by atoms with Crippen molar-refractivity contribution in [3.05, 3.63) is 35.9 Å². The van der Waals surface area contributed by atoms with Crippen LogP contribution in [0.2, 0.25) is 0 Å². The van der Waals surface area contributed by atoms with E-state index in [-0.39, 0.29) is 0 Å². The molecule has 0 aromatic heterocycles. The molecule has 2 fully saturated rings. The first-order chi connectivity index (χ1) is 10.8. The van der Waals surface area contributed by atoms with Crippen molar-refractivity contribution in [1.29, 1.82) is 0 Å². The molecular formula is C19H33N3. The van der Waals surface area contributed by atoms with Gasteiger partial charge in [-0.3, -0.25) is 9.80 Å². The Morgan fingerprint density at radius 3 is 2.14 bits per heavy atom. The van der Waals surface area contributed by atoms with E-state index in [1.807, 2.05) is 6.92 Å². The van der Waals surface area contributed by atoms with Crippen LogP contribution in [0.4, 0.5) is 0 Å². The molecule has 2 N–H and O–H groups in total. The predicted octanol–water partition coefficient (Wildman–Crippen LogP) is 3.10. The highest BCUT2D eigenvalue weighted by Crippen LogP contribution is 2.23. The summed E-state index contributed by atoms with van der Waals surface area (Å²) in [5.74, 6) is 0. The Labute approximate surface area is 136 Å². The van der Waals surface area contributed by atoms with Crippen LogP contribution in [-0.2, 0) is 6.54 Å². The van der Waals surface area contributed by atoms with Crippen LogP contribution in [0.25, 0.3) is 0 Å². The number of rotatable bonds is 3. The van der Waals surface area contributed by atoms with Crippen LogP contribution in [-0.4, -0.2) is 48.6 Å². The second kappa shape index (κ2) is 9.98. The van der Waals surface area contributed by atoms with Crippen molar-refractivity contribution >= 4 is 0 Å². The summed E-state index contributed by atoms with van der Waals surface area (Å²) in [7, 11) is 0. The van der Waals surface area contributed by atoms with E-state index in [1.54, 1.807) is 0 Å². The zero-order chi connectivity index (χ0) is 15.6. The maximum Gasteiger partial charge on any atom is 0.0234 e. The lowest BCUT2D eigenvalue weighted by Crippen LogP contribution is -2.50. The highest BCUT2D eigenvalue weighted by Gasteiger charge is 2.24. The van der Waals surface area contributed by atoms with Crippen LogP contribution in [0.15, 0.2) is 30.3 Å². The zero-order valence-electron chi connectivity index (χ0n) is 14.2. The fraction of sp³-hybridized carbons (Fsp3) is 0.684. The highest BCUT2D eigenvalue weighted by molar-refractivity contribution is 5.14. The van der Waals surface area contributed by atoms with Gasteiger partial charge >= 0.3 is 0 Å². The molecule has 0 spiro atoms. The number of hydrogen-bond donors (Lipinski definition) is 1. The van der Waals surface area contributed by atoms with Gasteiger partial charge in [-0.2, -0.15) is 0 Å². The normalized spacial score (nSPS) is 21.2. The summed E-state index contributed by atoms with van der Waals surface area (Å²) in [4.78, 5) is 5.36. The van der Waals surface area contributed by atoms with Crippen LogP contribution < -0.4 is 5.73 Å². The molecule has 0 bridgehead atoms. The van der Waals surface area contributed by atoms with Crippen LogP contribution in [0.1, 0.15) is 44.6 Å². The topological polar surface area (TPSA) is 32.5 Å². The van der Waals surface area contributed by atoms with E-state index in [0.29, 0.717) is 0 Å². The fourth-order valence-corrected chi connectivity index (χ4v) is 3.57. The first-order valence-corrected chi connectivity index (χ1v) is 9.04. The number of benzene rings is 1. The van der Waals surface area contributed by atoms with Crippen molar-refractivity contribution in [2.24, 2.45) is 5.73 Å². The lowest BCUT2D eigenvalue weighted by molar-refractivity contribution is 0.0755. The van der Waals surface area contributed by atoms with Gasteiger partial charge in [0.15, 0.2) is 0 Å². The molecule has 2 aliphatic rings. The van der Waals surface area contributed by atoms with E-state index in [9.17, 15) is 0 Å². The van der Waals surface area contributed by atoms with E-state index < -0.39 is 0 Å². The maximum absolute atomic E-state index is 4.85. The highest BCUT2D eigenvalue weighted by atomic mass is 15.3. The third-order valence-corrected chi connectivity index (χ3v) is 4.75. The Hall–Kier alpha value is -0.900. The van der Waals surface area contributed by atoms with Crippen molar-refractivity contribution in [2.75, 3.05) is 32.7 Å². The summed E-state index contributed by atoms with van der Waals surface area (Å²) in [6.45, 7) is 8.81. The van der Waals surface area contributed by atoms with E-state index in [0.717, 1.165) is 19.1 Å². The molecule has 1 aromatic rings. The van der Waals surface area contributed by atoms with Gasteiger partial charge < -0.3 is 5.73 Å². The third kappa shape index (κ3) is 5.71. The van der Waals surface area contributed by atoms with Gasteiger partial charge in [-0.1, -0.05) is 56.5 Å². The largest absolute Gasteiger partial charge is 0.331 e. The SMILES string of the molecule is CCN.c1ccc(CN2CCN(C3CCCCC3)CC2)cc1. The van der Waals surface area contributed by atoms with Crippen LogP contribution in [0, 0.1) is 0 Å². The minimum atomic E-state index is 0.750. The monoisotopic (exact) mass is 303 g/mol. The van der Waals surface area contributed by atoms with Crippen molar-refractivity contribution < 1.29 is 0 Å². The van der Waals surface area contributed by atoms with Gasteiger partial charge in [-0.25, -0.2) is 0 Å². The molecule has 124 valence electrons. The van der Waals surface area contributed by atoms with Crippen molar-refractivity contribution in [2.45, 2.75) is 51.6 Å². The summed E-state index contributed by atoms with van der Waals surface area (Å²) in [5, 5.41) is 0. The number of nitrogens with zero attached hydrogens (tertiary/aromatic N) is 2. The number of nitrogens with two attached hydrogens (primary N) is 1. The molecule has 0 unspecified atom stereocenters. The Morgan fingerprint density at radius 2 is 1.55 bits per heavy atom. The van der Waals surface area contributed by atoms with Gasteiger partial charge in [0, 0.05) is 38.8 Å². The van der Waals surface area contributed by atoms with Gasteiger partial charge in [-0.15, -0.1) is 0 Å². The Morgan fingerprint density at radius 1 is 0.955 bits per heavy atom. The van der Waals surface area contributed by atoms with Gasteiger partial charge in [0.1, 0.15) is 0 Å². The molecule has 22 heavy (non-hydrogen) atoms. The molecule has 1 aromatic carbocycles.